The summed E-state index contributed by atoms with van der Waals surface area (Å²) in [7, 11) is 1.63. The molecule has 0 aliphatic rings. The summed E-state index contributed by atoms with van der Waals surface area (Å²) in [6, 6.07) is 14.6. The lowest BCUT2D eigenvalue weighted by Crippen LogP contribution is -2.41. The predicted octanol–water partition coefficient (Wildman–Crippen LogP) is 5.73. The molecule has 3 rings (SSSR count). The molecule has 4 heteroatoms. The standard InChI is InChI=1S/C26H32N2O2/c1-24(2,3)20-11-8-18(9-12-20)19-10-13-22(23(14-19)30-7)26(29,25(4,5)6)21-15-27-17-28-16-21/h8-17,29H,1-7H3. The van der Waals surface area contributed by atoms with Crippen LogP contribution in [0.2, 0.25) is 0 Å². The van der Waals surface area contributed by atoms with E-state index in [0.29, 0.717) is 16.9 Å². The third-order valence-corrected chi connectivity index (χ3v) is 5.74. The van der Waals surface area contributed by atoms with E-state index >= 15 is 0 Å². The van der Waals surface area contributed by atoms with Crippen LogP contribution in [0.15, 0.2) is 61.2 Å². The fraction of sp³-hybridized carbons (Fsp3) is 0.385. The van der Waals surface area contributed by atoms with Crippen LogP contribution in [0, 0.1) is 5.41 Å². The maximum Gasteiger partial charge on any atom is 0.126 e. The third-order valence-electron chi connectivity index (χ3n) is 5.74. The Bertz CT molecular complexity index is 1000. The van der Waals surface area contributed by atoms with Gasteiger partial charge in [0.15, 0.2) is 0 Å². The normalized spacial score (nSPS) is 14.3. The van der Waals surface area contributed by atoms with Gasteiger partial charge in [0, 0.05) is 23.5 Å². The van der Waals surface area contributed by atoms with Gasteiger partial charge in [-0.3, -0.25) is 0 Å². The fourth-order valence-electron chi connectivity index (χ4n) is 3.81. The smallest absolute Gasteiger partial charge is 0.126 e. The summed E-state index contributed by atoms with van der Waals surface area (Å²) < 4.78 is 5.75. The second kappa shape index (κ2) is 7.84. The van der Waals surface area contributed by atoms with E-state index in [1.165, 1.54) is 11.9 Å². The zero-order chi connectivity index (χ0) is 22.2. The molecule has 1 N–H and O–H groups in total. The number of hydrogen-bond acceptors (Lipinski definition) is 4. The summed E-state index contributed by atoms with van der Waals surface area (Å²) >= 11 is 0. The minimum atomic E-state index is -1.31. The van der Waals surface area contributed by atoms with Crippen molar-refractivity contribution in [2.24, 2.45) is 5.41 Å². The van der Waals surface area contributed by atoms with Gasteiger partial charge in [-0.25, -0.2) is 9.97 Å². The van der Waals surface area contributed by atoms with Crippen LogP contribution in [0.5, 0.6) is 5.75 Å². The predicted molar refractivity (Wildman–Crippen MR) is 122 cm³/mol. The first kappa shape index (κ1) is 22.0. The van der Waals surface area contributed by atoms with Gasteiger partial charge >= 0.3 is 0 Å². The topological polar surface area (TPSA) is 55.2 Å². The highest BCUT2D eigenvalue weighted by Gasteiger charge is 2.45. The van der Waals surface area contributed by atoms with Crippen molar-refractivity contribution in [1.29, 1.82) is 0 Å². The van der Waals surface area contributed by atoms with Crippen molar-refractivity contribution in [1.82, 2.24) is 9.97 Å². The molecule has 0 saturated carbocycles. The first-order chi connectivity index (χ1) is 14.0. The van der Waals surface area contributed by atoms with E-state index in [4.69, 9.17) is 4.74 Å². The summed E-state index contributed by atoms with van der Waals surface area (Å²) in [4.78, 5) is 8.25. The lowest BCUT2D eigenvalue weighted by atomic mass is 9.68. The number of hydrogen-bond donors (Lipinski definition) is 1. The monoisotopic (exact) mass is 404 g/mol. The average Bonchev–Trinajstić information content (AvgIpc) is 2.72. The molecular weight excluding hydrogens is 372 g/mol. The molecule has 158 valence electrons. The SMILES string of the molecule is COc1cc(-c2ccc(C(C)(C)C)cc2)ccc1C(O)(c1cncnc1)C(C)(C)C. The Morgan fingerprint density at radius 3 is 1.83 bits per heavy atom. The number of aliphatic hydroxyl groups is 1. The van der Waals surface area contributed by atoms with Crippen LogP contribution in [-0.2, 0) is 11.0 Å². The fourth-order valence-corrected chi connectivity index (χ4v) is 3.81. The number of methoxy groups -OCH3 is 1. The van der Waals surface area contributed by atoms with Crippen LogP contribution in [-0.4, -0.2) is 22.2 Å². The van der Waals surface area contributed by atoms with Crippen molar-refractivity contribution < 1.29 is 9.84 Å². The van der Waals surface area contributed by atoms with E-state index in [1.807, 2.05) is 39.0 Å². The quantitative estimate of drug-likeness (QED) is 0.603. The first-order valence-corrected chi connectivity index (χ1v) is 10.3. The molecule has 0 aliphatic heterocycles. The zero-order valence-electron chi connectivity index (χ0n) is 19.0. The summed E-state index contributed by atoms with van der Waals surface area (Å²) in [5.41, 5.74) is 3.06. The van der Waals surface area contributed by atoms with Gasteiger partial charge in [-0.05, 0) is 33.6 Å². The molecule has 1 aromatic heterocycles. The Kier molecular flexibility index (Phi) is 5.74. The Labute approximate surface area is 180 Å². The van der Waals surface area contributed by atoms with Crippen LogP contribution in [0.3, 0.4) is 0 Å². The molecule has 0 fully saturated rings. The van der Waals surface area contributed by atoms with E-state index in [2.05, 4.69) is 55.0 Å². The van der Waals surface area contributed by atoms with Crippen LogP contribution in [0.4, 0.5) is 0 Å². The molecule has 0 aliphatic carbocycles. The second-order valence-electron chi connectivity index (χ2n) is 9.83. The van der Waals surface area contributed by atoms with Gasteiger partial charge in [0.25, 0.3) is 0 Å². The number of nitrogens with zero attached hydrogens (tertiary/aromatic N) is 2. The van der Waals surface area contributed by atoms with Crippen molar-refractivity contribution in [2.45, 2.75) is 52.6 Å². The van der Waals surface area contributed by atoms with Gasteiger partial charge in [-0.1, -0.05) is 77.9 Å². The molecule has 1 atom stereocenters. The molecule has 1 heterocycles. The largest absolute Gasteiger partial charge is 0.496 e. The molecule has 0 saturated heterocycles. The van der Waals surface area contributed by atoms with Crippen molar-refractivity contribution in [3.05, 3.63) is 77.9 Å². The lowest BCUT2D eigenvalue weighted by molar-refractivity contribution is -0.0281. The molecule has 30 heavy (non-hydrogen) atoms. The molecule has 0 amide bonds. The molecule has 2 aromatic carbocycles. The van der Waals surface area contributed by atoms with Crippen LogP contribution < -0.4 is 4.74 Å². The third kappa shape index (κ3) is 3.97. The van der Waals surface area contributed by atoms with Gasteiger partial charge in [0.1, 0.15) is 17.7 Å². The Morgan fingerprint density at radius 2 is 1.33 bits per heavy atom. The Morgan fingerprint density at radius 1 is 0.767 bits per heavy atom. The van der Waals surface area contributed by atoms with E-state index < -0.39 is 11.0 Å². The molecular formula is C26H32N2O2. The highest BCUT2D eigenvalue weighted by Crippen LogP contribution is 2.48. The first-order valence-electron chi connectivity index (χ1n) is 10.3. The molecule has 0 spiro atoms. The highest BCUT2D eigenvalue weighted by molar-refractivity contribution is 5.67. The molecule has 0 bridgehead atoms. The zero-order valence-corrected chi connectivity index (χ0v) is 19.0. The number of rotatable bonds is 4. The lowest BCUT2D eigenvalue weighted by Gasteiger charge is -2.41. The van der Waals surface area contributed by atoms with Gasteiger partial charge < -0.3 is 9.84 Å². The van der Waals surface area contributed by atoms with Gasteiger partial charge in [0.05, 0.1) is 7.11 Å². The van der Waals surface area contributed by atoms with Crippen molar-refractivity contribution in [2.75, 3.05) is 7.11 Å². The number of ether oxygens (including phenoxy) is 1. The average molecular weight is 405 g/mol. The Hall–Kier alpha value is -2.72. The Balaban J connectivity index is 2.11. The minimum absolute atomic E-state index is 0.112. The summed E-state index contributed by atoms with van der Waals surface area (Å²) in [5, 5.41) is 11.9. The van der Waals surface area contributed by atoms with Crippen LogP contribution >= 0.6 is 0 Å². The van der Waals surface area contributed by atoms with E-state index in [0.717, 1.165) is 11.1 Å². The van der Waals surface area contributed by atoms with Gasteiger partial charge in [0.2, 0.25) is 0 Å². The maximum absolute atomic E-state index is 11.9. The maximum atomic E-state index is 11.9. The van der Waals surface area contributed by atoms with Gasteiger partial charge in [-0.15, -0.1) is 0 Å². The molecule has 3 aromatic rings. The molecule has 4 nitrogen and oxygen atoms in total. The van der Waals surface area contributed by atoms with E-state index in [1.54, 1.807) is 19.5 Å². The number of aromatic nitrogens is 2. The summed E-state index contributed by atoms with van der Waals surface area (Å²) in [6.45, 7) is 12.6. The second-order valence-corrected chi connectivity index (χ2v) is 9.83. The minimum Gasteiger partial charge on any atom is -0.496 e. The highest BCUT2D eigenvalue weighted by atomic mass is 16.5. The number of benzene rings is 2. The van der Waals surface area contributed by atoms with Crippen molar-refractivity contribution in [3.63, 3.8) is 0 Å². The van der Waals surface area contributed by atoms with Crippen molar-refractivity contribution in [3.8, 4) is 16.9 Å². The van der Waals surface area contributed by atoms with E-state index in [9.17, 15) is 5.11 Å². The van der Waals surface area contributed by atoms with Crippen LogP contribution in [0.1, 0.15) is 58.2 Å². The molecule has 1 unspecified atom stereocenters. The summed E-state index contributed by atoms with van der Waals surface area (Å²) in [6.07, 6.45) is 4.79. The van der Waals surface area contributed by atoms with Gasteiger partial charge in [-0.2, -0.15) is 0 Å². The summed E-state index contributed by atoms with van der Waals surface area (Å²) in [5.74, 6) is 0.633. The van der Waals surface area contributed by atoms with Crippen LogP contribution in [0.25, 0.3) is 11.1 Å². The van der Waals surface area contributed by atoms with Crippen molar-refractivity contribution >= 4 is 0 Å². The molecule has 0 radical (unpaired) electrons. The van der Waals surface area contributed by atoms with E-state index in [-0.39, 0.29) is 5.41 Å².